The van der Waals surface area contributed by atoms with E-state index in [-0.39, 0.29) is 0 Å². The molecule has 0 saturated carbocycles. The first-order chi connectivity index (χ1) is 14.2. The van der Waals surface area contributed by atoms with Crippen molar-refractivity contribution in [3.05, 3.63) is 52.4 Å². The summed E-state index contributed by atoms with van der Waals surface area (Å²) in [4.78, 5) is 13.6. The number of nitrogens with zero attached hydrogens (tertiary/aromatic N) is 6. The standard InChI is InChI=1S/C20H19ClN6S2/c1-13-10-16-18(28-13)22-12-23-19(16)29-20-25-24-17(11-26-8-2-3-9-26)27(20)15-6-4-14(21)5-7-15/h4-7,10,12H,2-3,8-9,11H2,1H3. The average Bonchev–Trinajstić information content (AvgIpc) is 3.44. The molecule has 4 heterocycles. The fraction of sp³-hybridized carbons (Fsp3) is 0.300. The van der Waals surface area contributed by atoms with Crippen LogP contribution in [0.3, 0.4) is 0 Å². The molecular weight excluding hydrogens is 424 g/mol. The van der Waals surface area contributed by atoms with Gasteiger partial charge in [-0.1, -0.05) is 11.6 Å². The van der Waals surface area contributed by atoms with Crippen LogP contribution in [0.4, 0.5) is 0 Å². The second-order valence-corrected chi connectivity index (χ2v) is 9.68. The van der Waals surface area contributed by atoms with Crippen molar-refractivity contribution in [3.8, 4) is 5.69 Å². The number of benzene rings is 1. The highest BCUT2D eigenvalue weighted by Crippen LogP contribution is 2.35. The van der Waals surface area contributed by atoms with Crippen molar-refractivity contribution in [1.82, 2.24) is 29.6 Å². The van der Waals surface area contributed by atoms with Gasteiger partial charge in [-0.25, -0.2) is 9.97 Å². The lowest BCUT2D eigenvalue weighted by atomic mass is 10.3. The summed E-state index contributed by atoms with van der Waals surface area (Å²) in [6.07, 6.45) is 4.11. The molecule has 1 aromatic carbocycles. The van der Waals surface area contributed by atoms with Gasteiger partial charge in [-0.05, 0) is 74.9 Å². The molecule has 0 atom stereocenters. The Balaban J connectivity index is 1.56. The van der Waals surface area contributed by atoms with E-state index in [9.17, 15) is 0 Å². The summed E-state index contributed by atoms with van der Waals surface area (Å²) < 4.78 is 2.12. The first-order valence-corrected chi connectivity index (χ1v) is 11.5. The van der Waals surface area contributed by atoms with Gasteiger partial charge in [-0.3, -0.25) is 9.47 Å². The zero-order valence-electron chi connectivity index (χ0n) is 15.9. The molecule has 4 aromatic rings. The van der Waals surface area contributed by atoms with Crippen LogP contribution in [-0.2, 0) is 6.54 Å². The zero-order valence-corrected chi connectivity index (χ0v) is 18.3. The molecule has 29 heavy (non-hydrogen) atoms. The highest BCUT2D eigenvalue weighted by atomic mass is 35.5. The summed E-state index contributed by atoms with van der Waals surface area (Å²) in [6, 6.07) is 9.95. The quantitative estimate of drug-likeness (QED) is 0.406. The lowest BCUT2D eigenvalue weighted by Gasteiger charge is -2.16. The summed E-state index contributed by atoms with van der Waals surface area (Å²) in [5.74, 6) is 0.934. The van der Waals surface area contributed by atoms with Gasteiger partial charge in [0.2, 0.25) is 5.16 Å². The third-order valence-corrected chi connectivity index (χ3v) is 7.13. The molecule has 9 heteroatoms. The van der Waals surface area contributed by atoms with Gasteiger partial charge in [0.25, 0.3) is 0 Å². The Hall–Kier alpha value is -2.00. The Morgan fingerprint density at radius 3 is 2.69 bits per heavy atom. The van der Waals surface area contributed by atoms with Crippen LogP contribution in [0.15, 0.2) is 46.8 Å². The Kier molecular flexibility index (Phi) is 5.26. The Morgan fingerprint density at radius 1 is 1.10 bits per heavy atom. The van der Waals surface area contributed by atoms with Crippen LogP contribution in [0.2, 0.25) is 5.02 Å². The number of likely N-dealkylation sites (tertiary alicyclic amines) is 1. The van der Waals surface area contributed by atoms with Crippen molar-refractivity contribution in [1.29, 1.82) is 0 Å². The van der Waals surface area contributed by atoms with E-state index in [1.807, 2.05) is 24.3 Å². The Morgan fingerprint density at radius 2 is 1.90 bits per heavy atom. The molecule has 1 aliphatic rings. The number of hydrogen-bond donors (Lipinski definition) is 0. The zero-order chi connectivity index (χ0) is 19.8. The normalized spacial score (nSPS) is 14.8. The van der Waals surface area contributed by atoms with Crippen molar-refractivity contribution >= 4 is 44.9 Å². The maximum absolute atomic E-state index is 6.12. The molecule has 1 aliphatic heterocycles. The summed E-state index contributed by atoms with van der Waals surface area (Å²) in [5, 5.41) is 12.5. The molecule has 0 spiro atoms. The SMILES string of the molecule is Cc1cc2c(Sc3nnc(CN4CCCC4)n3-c3ccc(Cl)cc3)ncnc2s1. The van der Waals surface area contributed by atoms with Crippen molar-refractivity contribution in [2.45, 2.75) is 36.5 Å². The van der Waals surface area contributed by atoms with Crippen LogP contribution in [0.25, 0.3) is 15.9 Å². The Bertz CT molecular complexity index is 1150. The summed E-state index contributed by atoms with van der Waals surface area (Å²) in [6.45, 7) is 5.09. The van der Waals surface area contributed by atoms with Gasteiger partial charge in [-0.2, -0.15) is 0 Å². The van der Waals surface area contributed by atoms with Crippen LogP contribution in [0.1, 0.15) is 23.5 Å². The van der Waals surface area contributed by atoms with Gasteiger partial charge in [0, 0.05) is 21.0 Å². The first-order valence-electron chi connectivity index (χ1n) is 9.49. The number of hydrogen-bond acceptors (Lipinski definition) is 7. The van der Waals surface area contributed by atoms with E-state index in [4.69, 9.17) is 11.6 Å². The predicted octanol–water partition coefficient (Wildman–Crippen LogP) is 4.98. The smallest absolute Gasteiger partial charge is 0.202 e. The fourth-order valence-corrected chi connectivity index (χ4v) is 5.54. The monoisotopic (exact) mass is 442 g/mol. The van der Waals surface area contributed by atoms with E-state index in [0.717, 1.165) is 51.5 Å². The number of halogens is 1. The number of aromatic nitrogens is 5. The third-order valence-electron chi connectivity index (χ3n) is 4.95. The highest BCUT2D eigenvalue weighted by Gasteiger charge is 2.21. The second kappa shape index (κ2) is 8.02. The average molecular weight is 443 g/mol. The minimum atomic E-state index is 0.711. The maximum atomic E-state index is 6.12. The predicted molar refractivity (Wildman–Crippen MR) is 117 cm³/mol. The first kappa shape index (κ1) is 19.0. The molecule has 0 aliphatic carbocycles. The lowest BCUT2D eigenvalue weighted by molar-refractivity contribution is 0.319. The van der Waals surface area contributed by atoms with Gasteiger partial charge in [0.15, 0.2) is 5.82 Å². The van der Waals surface area contributed by atoms with Crippen LogP contribution >= 0.6 is 34.7 Å². The molecule has 1 saturated heterocycles. The molecule has 0 N–H and O–H groups in total. The molecule has 148 valence electrons. The largest absolute Gasteiger partial charge is 0.296 e. The molecule has 0 amide bonds. The Labute approximate surface area is 182 Å². The number of fused-ring (bicyclic) bond motifs is 1. The van der Waals surface area contributed by atoms with Gasteiger partial charge >= 0.3 is 0 Å². The van der Waals surface area contributed by atoms with E-state index >= 15 is 0 Å². The van der Waals surface area contributed by atoms with Crippen molar-refractivity contribution in [2.24, 2.45) is 0 Å². The van der Waals surface area contributed by atoms with Gasteiger partial charge in [-0.15, -0.1) is 21.5 Å². The molecule has 0 radical (unpaired) electrons. The number of thiophene rings is 1. The summed E-state index contributed by atoms with van der Waals surface area (Å²) >= 11 is 9.32. The molecule has 3 aromatic heterocycles. The molecule has 0 bridgehead atoms. The number of rotatable bonds is 5. The maximum Gasteiger partial charge on any atom is 0.202 e. The van der Waals surface area contributed by atoms with Crippen LogP contribution < -0.4 is 0 Å². The van der Waals surface area contributed by atoms with E-state index < -0.39 is 0 Å². The molecule has 0 unspecified atom stereocenters. The van der Waals surface area contributed by atoms with Crippen LogP contribution in [-0.4, -0.2) is 42.7 Å². The molecule has 6 nitrogen and oxygen atoms in total. The fourth-order valence-electron chi connectivity index (χ4n) is 3.58. The van der Waals surface area contributed by atoms with E-state index in [1.165, 1.54) is 29.5 Å². The summed E-state index contributed by atoms with van der Waals surface area (Å²) in [7, 11) is 0. The minimum Gasteiger partial charge on any atom is -0.296 e. The van der Waals surface area contributed by atoms with Gasteiger partial charge < -0.3 is 0 Å². The van der Waals surface area contributed by atoms with Gasteiger partial charge in [0.05, 0.1) is 6.54 Å². The van der Waals surface area contributed by atoms with Crippen LogP contribution in [0.5, 0.6) is 0 Å². The highest BCUT2D eigenvalue weighted by molar-refractivity contribution is 7.99. The second-order valence-electron chi connectivity index (χ2n) is 7.05. The molecule has 1 fully saturated rings. The van der Waals surface area contributed by atoms with E-state index in [1.54, 1.807) is 17.7 Å². The third kappa shape index (κ3) is 3.90. The lowest BCUT2D eigenvalue weighted by Crippen LogP contribution is -2.21. The number of aryl methyl sites for hydroxylation is 1. The van der Waals surface area contributed by atoms with Crippen molar-refractivity contribution in [2.75, 3.05) is 13.1 Å². The van der Waals surface area contributed by atoms with Crippen molar-refractivity contribution in [3.63, 3.8) is 0 Å². The molecule has 5 rings (SSSR count). The topological polar surface area (TPSA) is 59.7 Å². The van der Waals surface area contributed by atoms with Crippen LogP contribution in [0, 0.1) is 6.92 Å². The van der Waals surface area contributed by atoms with E-state index in [0.29, 0.717) is 5.02 Å². The molecular formula is C20H19ClN6S2. The summed E-state index contributed by atoms with van der Waals surface area (Å²) in [5.41, 5.74) is 1.00. The van der Waals surface area contributed by atoms with Gasteiger partial charge in [0.1, 0.15) is 16.2 Å². The van der Waals surface area contributed by atoms with Crippen molar-refractivity contribution < 1.29 is 0 Å². The van der Waals surface area contributed by atoms with E-state index in [2.05, 4.69) is 42.6 Å². The minimum absolute atomic E-state index is 0.711.